The van der Waals surface area contributed by atoms with Crippen LogP contribution >= 0.6 is 11.6 Å². The molecule has 0 fully saturated rings. The number of rotatable bonds is 2. The molecule has 0 radical (unpaired) electrons. The van der Waals surface area contributed by atoms with Crippen molar-refractivity contribution in [2.24, 2.45) is 5.41 Å². The summed E-state index contributed by atoms with van der Waals surface area (Å²) in [7, 11) is 2.03. The molecule has 0 aliphatic carbocycles. The Morgan fingerprint density at radius 1 is 1.39 bits per heavy atom. The van der Waals surface area contributed by atoms with E-state index in [0.717, 1.165) is 17.9 Å². The summed E-state index contributed by atoms with van der Waals surface area (Å²) in [6, 6.07) is 0. The second kappa shape index (κ2) is 4.39. The minimum absolute atomic E-state index is 0.184. The minimum atomic E-state index is 0.184. The molecule has 6 heteroatoms. The quantitative estimate of drug-likeness (QED) is 0.785. The van der Waals surface area contributed by atoms with Gasteiger partial charge in [0.05, 0.1) is 0 Å². The first-order valence-corrected chi connectivity index (χ1v) is 6.24. The van der Waals surface area contributed by atoms with Crippen LogP contribution in [0.15, 0.2) is 6.33 Å². The maximum absolute atomic E-state index is 6.15. The number of hydrogen-bond donors (Lipinski definition) is 0. The van der Waals surface area contributed by atoms with Crippen LogP contribution in [0.2, 0.25) is 5.15 Å². The predicted octanol–water partition coefficient (Wildman–Crippen LogP) is 2.57. The van der Waals surface area contributed by atoms with E-state index in [1.165, 1.54) is 6.33 Å². The molecule has 0 aromatic carbocycles. The minimum Gasteiger partial charge on any atom is -0.359 e. The van der Waals surface area contributed by atoms with Crippen LogP contribution in [-0.4, -0.2) is 33.2 Å². The van der Waals surface area contributed by atoms with E-state index in [9.17, 15) is 0 Å². The third-order valence-electron chi connectivity index (χ3n) is 2.65. The summed E-state index contributed by atoms with van der Waals surface area (Å²) in [5, 5.41) is 4.69. The largest absolute Gasteiger partial charge is 0.359 e. The Morgan fingerprint density at radius 3 is 2.67 bits per heavy atom. The van der Waals surface area contributed by atoms with Gasteiger partial charge in [-0.05, 0) is 12.3 Å². The zero-order chi connectivity index (χ0) is 13.5. The maximum Gasteiger partial charge on any atom is 0.255 e. The smallest absolute Gasteiger partial charge is 0.255 e. The molecule has 98 valence electrons. The highest BCUT2D eigenvalue weighted by Gasteiger charge is 2.20. The lowest BCUT2D eigenvalue weighted by atomic mass is 9.96. The van der Waals surface area contributed by atoms with Crippen molar-refractivity contribution in [1.29, 1.82) is 0 Å². The highest BCUT2D eigenvalue weighted by Crippen LogP contribution is 2.27. The summed E-state index contributed by atoms with van der Waals surface area (Å²) in [4.78, 5) is 10.4. The van der Waals surface area contributed by atoms with Gasteiger partial charge in [0, 0.05) is 19.2 Å². The van der Waals surface area contributed by atoms with E-state index in [-0.39, 0.29) is 5.41 Å². The molecule has 0 saturated heterocycles. The Hall–Kier alpha value is -1.36. The first-order valence-electron chi connectivity index (χ1n) is 5.86. The van der Waals surface area contributed by atoms with E-state index in [1.54, 1.807) is 4.52 Å². The lowest BCUT2D eigenvalue weighted by molar-refractivity contribution is 0.416. The number of hydrogen-bond acceptors (Lipinski definition) is 4. The van der Waals surface area contributed by atoms with Crippen molar-refractivity contribution in [3.63, 3.8) is 0 Å². The van der Waals surface area contributed by atoms with Crippen molar-refractivity contribution >= 4 is 23.2 Å². The summed E-state index contributed by atoms with van der Waals surface area (Å²) in [6.07, 6.45) is 1.49. The standard InChI is InChI=1S/C12H18ClN5/c1-8-9(13)16-11-14-7-15-18(11)10(8)17(5)6-12(2,3)4/h7H,6H2,1-5H3. The highest BCUT2D eigenvalue weighted by molar-refractivity contribution is 6.30. The van der Waals surface area contributed by atoms with Crippen molar-refractivity contribution in [1.82, 2.24) is 19.6 Å². The number of aromatic nitrogens is 4. The second-order valence-electron chi connectivity index (χ2n) is 5.74. The molecule has 0 aliphatic rings. The van der Waals surface area contributed by atoms with Crippen LogP contribution < -0.4 is 4.90 Å². The van der Waals surface area contributed by atoms with E-state index in [1.807, 2.05) is 14.0 Å². The van der Waals surface area contributed by atoms with Crippen LogP contribution in [-0.2, 0) is 0 Å². The van der Waals surface area contributed by atoms with Gasteiger partial charge in [-0.25, -0.2) is 0 Å². The molecule has 2 aromatic rings. The van der Waals surface area contributed by atoms with Crippen molar-refractivity contribution in [3.8, 4) is 0 Å². The maximum atomic E-state index is 6.15. The molecule has 2 heterocycles. The van der Waals surface area contributed by atoms with Gasteiger partial charge in [0.25, 0.3) is 5.78 Å². The van der Waals surface area contributed by atoms with E-state index in [0.29, 0.717) is 10.9 Å². The van der Waals surface area contributed by atoms with Crippen molar-refractivity contribution in [3.05, 3.63) is 17.0 Å². The third kappa shape index (κ3) is 2.41. The lowest BCUT2D eigenvalue weighted by Crippen LogP contribution is -2.31. The fourth-order valence-corrected chi connectivity index (χ4v) is 2.28. The Balaban J connectivity index is 2.54. The SMILES string of the molecule is Cc1c(Cl)nc2ncnn2c1N(C)CC(C)(C)C. The summed E-state index contributed by atoms with van der Waals surface area (Å²) < 4.78 is 1.73. The van der Waals surface area contributed by atoms with E-state index in [2.05, 4.69) is 40.7 Å². The van der Waals surface area contributed by atoms with Crippen molar-refractivity contribution in [2.45, 2.75) is 27.7 Å². The fraction of sp³-hybridized carbons (Fsp3) is 0.583. The molecule has 0 aliphatic heterocycles. The summed E-state index contributed by atoms with van der Waals surface area (Å²) >= 11 is 6.15. The van der Waals surface area contributed by atoms with Crippen LogP contribution in [0.1, 0.15) is 26.3 Å². The topological polar surface area (TPSA) is 46.3 Å². The summed E-state index contributed by atoms with van der Waals surface area (Å²) in [6.45, 7) is 9.43. The van der Waals surface area contributed by atoms with Gasteiger partial charge in [0.1, 0.15) is 17.3 Å². The number of anilines is 1. The van der Waals surface area contributed by atoms with Crippen LogP contribution in [0.3, 0.4) is 0 Å². The van der Waals surface area contributed by atoms with Crippen molar-refractivity contribution in [2.75, 3.05) is 18.5 Å². The predicted molar refractivity (Wildman–Crippen MR) is 73.3 cm³/mol. The zero-order valence-electron chi connectivity index (χ0n) is 11.4. The lowest BCUT2D eigenvalue weighted by Gasteiger charge is -2.29. The normalized spacial score (nSPS) is 12.1. The molecule has 0 atom stereocenters. The van der Waals surface area contributed by atoms with E-state index < -0.39 is 0 Å². The molecule has 2 aromatic heterocycles. The van der Waals surface area contributed by atoms with Gasteiger partial charge in [0.2, 0.25) is 0 Å². The van der Waals surface area contributed by atoms with Crippen LogP contribution in [0, 0.1) is 12.3 Å². The Kier molecular flexibility index (Phi) is 3.19. The first-order chi connectivity index (χ1) is 8.29. The van der Waals surface area contributed by atoms with E-state index in [4.69, 9.17) is 11.6 Å². The Morgan fingerprint density at radius 2 is 2.06 bits per heavy atom. The van der Waals surface area contributed by atoms with Crippen LogP contribution in [0.4, 0.5) is 5.82 Å². The van der Waals surface area contributed by atoms with E-state index >= 15 is 0 Å². The van der Waals surface area contributed by atoms with Gasteiger partial charge >= 0.3 is 0 Å². The van der Waals surface area contributed by atoms with Gasteiger partial charge in [-0.3, -0.25) is 0 Å². The molecule has 0 N–H and O–H groups in total. The van der Waals surface area contributed by atoms with Crippen molar-refractivity contribution < 1.29 is 0 Å². The summed E-state index contributed by atoms with van der Waals surface area (Å²) in [5.41, 5.74) is 1.10. The molecule has 0 bridgehead atoms. The second-order valence-corrected chi connectivity index (χ2v) is 6.10. The Bertz CT molecular complexity index is 570. The average Bonchev–Trinajstić information content (AvgIpc) is 2.63. The molecule has 18 heavy (non-hydrogen) atoms. The van der Waals surface area contributed by atoms with Gasteiger partial charge in [-0.2, -0.15) is 19.6 Å². The molecular weight excluding hydrogens is 250 g/mol. The average molecular weight is 268 g/mol. The van der Waals surface area contributed by atoms with Crippen LogP contribution in [0.5, 0.6) is 0 Å². The fourth-order valence-electron chi connectivity index (χ4n) is 2.12. The number of fused-ring (bicyclic) bond motifs is 1. The molecule has 5 nitrogen and oxygen atoms in total. The molecule has 0 spiro atoms. The molecule has 2 rings (SSSR count). The van der Waals surface area contributed by atoms with Gasteiger partial charge < -0.3 is 4.90 Å². The van der Waals surface area contributed by atoms with Gasteiger partial charge in [0.15, 0.2) is 0 Å². The molecule has 0 amide bonds. The zero-order valence-corrected chi connectivity index (χ0v) is 12.2. The molecule has 0 unspecified atom stereocenters. The van der Waals surface area contributed by atoms with Gasteiger partial charge in [-0.15, -0.1) is 0 Å². The van der Waals surface area contributed by atoms with Gasteiger partial charge in [-0.1, -0.05) is 32.4 Å². The Labute approximate surface area is 112 Å². The highest BCUT2D eigenvalue weighted by atomic mass is 35.5. The molecular formula is C12H18ClN5. The first kappa shape index (κ1) is 13.1. The summed E-state index contributed by atoms with van der Waals surface area (Å²) in [5.74, 6) is 1.47. The third-order valence-corrected chi connectivity index (χ3v) is 3.01. The number of halogens is 1. The molecule has 0 saturated carbocycles. The number of nitrogens with zero attached hydrogens (tertiary/aromatic N) is 5. The van der Waals surface area contributed by atoms with Crippen LogP contribution in [0.25, 0.3) is 5.78 Å². The monoisotopic (exact) mass is 267 g/mol.